The summed E-state index contributed by atoms with van der Waals surface area (Å²) in [4.78, 5) is 40.8. The molecular weight excluding hydrogens is 332 g/mol. The lowest BCUT2D eigenvalue weighted by molar-refractivity contribution is -0.135. The van der Waals surface area contributed by atoms with E-state index in [-0.39, 0.29) is 42.3 Å². The van der Waals surface area contributed by atoms with Crippen LogP contribution in [0.2, 0.25) is 0 Å². The third-order valence-electron chi connectivity index (χ3n) is 7.33. The van der Waals surface area contributed by atoms with Crippen molar-refractivity contribution in [3.05, 3.63) is 0 Å². The van der Waals surface area contributed by atoms with Gasteiger partial charge in [0.25, 0.3) is 5.91 Å². The number of urea groups is 1. The first-order chi connectivity index (χ1) is 12.4. The Bertz CT molecular complexity index is 622. The zero-order chi connectivity index (χ0) is 18.5. The first kappa shape index (κ1) is 17.8. The summed E-state index contributed by atoms with van der Waals surface area (Å²) in [6, 6.07) is 0.451. The minimum absolute atomic E-state index is 0.0496. The van der Waals surface area contributed by atoms with E-state index in [0.29, 0.717) is 6.04 Å². The van der Waals surface area contributed by atoms with Crippen molar-refractivity contribution in [3.63, 3.8) is 0 Å². The van der Waals surface area contributed by atoms with Crippen LogP contribution >= 0.6 is 0 Å². The van der Waals surface area contributed by atoms with E-state index in [1.807, 2.05) is 0 Å². The van der Waals surface area contributed by atoms with Crippen LogP contribution in [0, 0.1) is 5.41 Å². The fraction of sp³-hybridized carbons (Fsp3) is 0.842. The zero-order valence-electron chi connectivity index (χ0n) is 15.8. The molecule has 4 fully saturated rings. The largest absolute Gasteiger partial charge is 0.353 e. The Morgan fingerprint density at radius 3 is 2.46 bits per heavy atom. The summed E-state index contributed by atoms with van der Waals surface area (Å²) in [7, 11) is 4.22. The molecule has 2 spiro atoms. The average molecular weight is 362 g/mol. The van der Waals surface area contributed by atoms with Crippen molar-refractivity contribution < 1.29 is 14.4 Å². The van der Waals surface area contributed by atoms with Crippen LogP contribution in [-0.2, 0) is 9.59 Å². The molecule has 4 amide bonds. The second-order valence-corrected chi connectivity index (χ2v) is 8.85. The summed E-state index contributed by atoms with van der Waals surface area (Å²) in [5.41, 5.74) is -0.440. The van der Waals surface area contributed by atoms with Crippen LogP contribution in [0.5, 0.6) is 0 Å². The predicted molar refractivity (Wildman–Crippen MR) is 96.4 cm³/mol. The van der Waals surface area contributed by atoms with Crippen molar-refractivity contribution in [1.29, 1.82) is 0 Å². The van der Waals surface area contributed by atoms with E-state index in [0.717, 1.165) is 32.1 Å². The lowest BCUT2D eigenvalue weighted by atomic mass is 9.49. The number of hydrogen-bond acceptors (Lipinski definition) is 4. The molecule has 0 aromatic carbocycles. The molecule has 0 radical (unpaired) electrons. The number of nitrogens with zero attached hydrogens (tertiary/aromatic N) is 2. The van der Waals surface area contributed by atoms with Crippen LogP contribution in [0.15, 0.2) is 0 Å². The Morgan fingerprint density at radius 1 is 1.19 bits per heavy atom. The highest BCUT2D eigenvalue weighted by atomic mass is 16.2. The smallest absolute Gasteiger partial charge is 0.325 e. The number of amides is 4. The predicted octanol–water partition coefficient (Wildman–Crippen LogP) is 1.23. The van der Waals surface area contributed by atoms with Gasteiger partial charge in [0.05, 0.1) is 0 Å². The average Bonchev–Trinajstić information content (AvgIpc) is 3.06. The standard InChI is InChI=1S/C19H30N4O3/c1-22(2)14-12-13(18(14)7-5-8-18)20-15(24)6-11-23-16(25)19(21-17(23)26)9-3-4-10-19/h13-14H,3-12H2,1-2H3,(H,20,24)(H,21,26). The molecule has 3 aliphatic carbocycles. The molecule has 2 unspecified atom stereocenters. The van der Waals surface area contributed by atoms with Gasteiger partial charge in [-0.3, -0.25) is 14.5 Å². The monoisotopic (exact) mass is 362 g/mol. The minimum Gasteiger partial charge on any atom is -0.353 e. The third kappa shape index (κ3) is 2.54. The van der Waals surface area contributed by atoms with Crippen molar-refractivity contribution in [2.45, 2.75) is 75.4 Å². The van der Waals surface area contributed by atoms with Gasteiger partial charge in [-0.25, -0.2) is 4.79 Å². The molecule has 2 atom stereocenters. The molecule has 1 aliphatic heterocycles. The summed E-state index contributed by atoms with van der Waals surface area (Å²) in [5, 5.41) is 6.04. The van der Waals surface area contributed by atoms with Crippen LogP contribution < -0.4 is 10.6 Å². The molecule has 1 saturated heterocycles. The molecule has 7 nitrogen and oxygen atoms in total. The highest BCUT2D eigenvalue weighted by Gasteiger charge is 2.59. The van der Waals surface area contributed by atoms with Crippen LogP contribution in [0.3, 0.4) is 0 Å². The highest BCUT2D eigenvalue weighted by molar-refractivity contribution is 6.07. The van der Waals surface area contributed by atoms with Crippen LogP contribution in [0.4, 0.5) is 4.79 Å². The van der Waals surface area contributed by atoms with Crippen LogP contribution in [-0.4, -0.2) is 65.9 Å². The Labute approximate surface area is 154 Å². The Hall–Kier alpha value is -1.63. The highest BCUT2D eigenvalue weighted by Crippen LogP contribution is 2.57. The summed E-state index contributed by atoms with van der Waals surface area (Å²) in [6.45, 7) is 0.176. The van der Waals surface area contributed by atoms with E-state index in [1.54, 1.807) is 0 Å². The van der Waals surface area contributed by atoms with E-state index in [2.05, 4.69) is 29.6 Å². The van der Waals surface area contributed by atoms with Gasteiger partial charge in [0, 0.05) is 30.5 Å². The van der Waals surface area contributed by atoms with Gasteiger partial charge in [-0.2, -0.15) is 0 Å². The molecule has 0 bridgehead atoms. The van der Waals surface area contributed by atoms with Crippen molar-refractivity contribution in [2.24, 2.45) is 5.41 Å². The molecule has 4 rings (SSSR count). The van der Waals surface area contributed by atoms with Crippen LogP contribution in [0.1, 0.15) is 57.8 Å². The second kappa shape index (κ2) is 6.22. The van der Waals surface area contributed by atoms with Crippen molar-refractivity contribution in [3.8, 4) is 0 Å². The van der Waals surface area contributed by atoms with Crippen molar-refractivity contribution in [2.75, 3.05) is 20.6 Å². The first-order valence-corrected chi connectivity index (χ1v) is 9.98. The van der Waals surface area contributed by atoms with E-state index in [4.69, 9.17) is 0 Å². The number of nitrogens with one attached hydrogen (secondary N) is 2. The molecule has 0 aromatic heterocycles. The van der Waals surface area contributed by atoms with Gasteiger partial charge in [-0.05, 0) is 46.2 Å². The van der Waals surface area contributed by atoms with Gasteiger partial charge in [0.1, 0.15) is 5.54 Å². The molecule has 2 N–H and O–H groups in total. The fourth-order valence-electron chi connectivity index (χ4n) is 5.64. The first-order valence-electron chi connectivity index (χ1n) is 9.98. The molecule has 7 heteroatoms. The summed E-state index contributed by atoms with van der Waals surface area (Å²) in [6.07, 6.45) is 8.15. The SMILES string of the molecule is CN(C)C1CC(NC(=O)CCN2C(=O)NC3(CCCC3)C2=O)C12CCC2. The molecule has 4 aliphatic rings. The van der Waals surface area contributed by atoms with Gasteiger partial charge < -0.3 is 15.5 Å². The maximum absolute atomic E-state index is 12.6. The normalized spacial score (nSPS) is 31.3. The lowest BCUT2D eigenvalue weighted by Gasteiger charge is -2.63. The van der Waals surface area contributed by atoms with Gasteiger partial charge in [0.2, 0.25) is 5.91 Å². The maximum atomic E-state index is 12.6. The third-order valence-corrected chi connectivity index (χ3v) is 7.33. The second-order valence-electron chi connectivity index (χ2n) is 8.85. The maximum Gasteiger partial charge on any atom is 0.325 e. The van der Waals surface area contributed by atoms with Crippen LogP contribution in [0.25, 0.3) is 0 Å². The molecule has 1 heterocycles. The topological polar surface area (TPSA) is 81.8 Å². The fourth-order valence-corrected chi connectivity index (χ4v) is 5.64. The Balaban J connectivity index is 1.30. The molecular formula is C19H30N4O3. The number of imide groups is 1. The quantitative estimate of drug-likeness (QED) is 0.721. The van der Waals surface area contributed by atoms with Crippen molar-refractivity contribution >= 4 is 17.8 Å². The Morgan fingerprint density at radius 2 is 1.88 bits per heavy atom. The van der Waals surface area contributed by atoms with E-state index in [9.17, 15) is 14.4 Å². The van der Waals surface area contributed by atoms with E-state index in [1.165, 1.54) is 24.2 Å². The molecule has 0 aromatic rings. The summed E-state index contributed by atoms with van der Waals surface area (Å²) >= 11 is 0. The number of carbonyl (C=O) groups is 3. The van der Waals surface area contributed by atoms with Gasteiger partial charge in [0.15, 0.2) is 0 Å². The lowest BCUT2D eigenvalue weighted by Crippen LogP contribution is -2.70. The molecule has 144 valence electrons. The van der Waals surface area contributed by atoms with E-state index < -0.39 is 5.54 Å². The van der Waals surface area contributed by atoms with Gasteiger partial charge in [-0.15, -0.1) is 0 Å². The summed E-state index contributed by atoms with van der Waals surface area (Å²) in [5.74, 6) is -0.189. The van der Waals surface area contributed by atoms with Crippen molar-refractivity contribution in [1.82, 2.24) is 20.4 Å². The zero-order valence-corrected chi connectivity index (χ0v) is 15.8. The van der Waals surface area contributed by atoms with E-state index >= 15 is 0 Å². The number of rotatable bonds is 5. The van der Waals surface area contributed by atoms with Gasteiger partial charge >= 0.3 is 6.03 Å². The van der Waals surface area contributed by atoms with Gasteiger partial charge in [-0.1, -0.05) is 19.3 Å². The minimum atomic E-state index is -0.684. The Kier molecular flexibility index (Phi) is 4.25. The summed E-state index contributed by atoms with van der Waals surface area (Å²) < 4.78 is 0. The molecule has 26 heavy (non-hydrogen) atoms. The number of hydrogen-bond donors (Lipinski definition) is 2. The number of carbonyl (C=O) groups excluding carboxylic acids is 3. The molecule has 3 saturated carbocycles.